The lowest BCUT2D eigenvalue weighted by Crippen LogP contribution is -2.32. The van der Waals surface area contributed by atoms with Crippen LogP contribution < -0.4 is 5.73 Å². The summed E-state index contributed by atoms with van der Waals surface area (Å²) in [4.78, 5) is 3.66. The Balaban J connectivity index is 2.32. The highest BCUT2D eigenvalue weighted by molar-refractivity contribution is 7.90. The second kappa shape index (κ2) is 4.82. The molecule has 1 atom stereocenters. The van der Waals surface area contributed by atoms with Crippen LogP contribution in [0, 0.1) is 0 Å². The molecule has 1 aromatic rings. The molecule has 0 amide bonds. The number of pyridine rings is 1. The van der Waals surface area contributed by atoms with Gasteiger partial charge in [-0.1, -0.05) is 0 Å². The van der Waals surface area contributed by atoms with Crippen molar-refractivity contribution in [3.05, 3.63) is 18.3 Å². The van der Waals surface area contributed by atoms with Gasteiger partial charge < -0.3 is 5.73 Å². The van der Waals surface area contributed by atoms with E-state index in [4.69, 9.17) is 5.73 Å². The summed E-state index contributed by atoms with van der Waals surface area (Å²) in [6, 6.07) is 2.29. The predicted molar refractivity (Wildman–Crippen MR) is 68.7 cm³/mol. The van der Waals surface area contributed by atoms with Crippen LogP contribution in [0.2, 0.25) is 0 Å². The molecule has 2 heterocycles. The van der Waals surface area contributed by atoms with E-state index < -0.39 is 19.9 Å². The first kappa shape index (κ1) is 14.4. The maximum absolute atomic E-state index is 12.2. The molecular formula is C10H15N3O4S2. The molecule has 0 unspecified atom stereocenters. The van der Waals surface area contributed by atoms with Crippen LogP contribution in [0.3, 0.4) is 0 Å². The van der Waals surface area contributed by atoms with Crippen molar-refractivity contribution >= 4 is 19.9 Å². The van der Waals surface area contributed by atoms with Crippen molar-refractivity contribution in [3.63, 3.8) is 0 Å². The minimum Gasteiger partial charge on any atom is -0.326 e. The maximum atomic E-state index is 12.2. The number of hydrogen-bond acceptors (Lipinski definition) is 6. The van der Waals surface area contributed by atoms with Crippen molar-refractivity contribution < 1.29 is 16.8 Å². The molecule has 9 heteroatoms. The highest BCUT2D eigenvalue weighted by Crippen LogP contribution is 2.20. The minimum atomic E-state index is -3.64. The van der Waals surface area contributed by atoms with Gasteiger partial charge in [0.05, 0.1) is 0 Å². The summed E-state index contributed by atoms with van der Waals surface area (Å²) in [5.74, 6) is 0. The Bertz CT molecular complexity index is 667. The Morgan fingerprint density at radius 3 is 2.42 bits per heavy atom. The fourth-order valence-corrected chi connectivity index (χ4v) is 3.88. The lowest BCUT2D eigenvalue weighted by Gasteiger charge is -2.15. The largest absolute Gasteiger partial charge is 0.326 e. The molecule has 0 spiro atoms. The monoisotopic (exact) mass is 305 g/mol. The predicted octanol–water partition coefficient (Wildman–Crippen LogP) is -0.793. The maximum Gasteiger partial charge on any atom is 0.244 e. The molecule has 106 valence electrons. The first-order chi connectivity index (χ1) is 8.71. The van der Waals surface area contributed by atoms with E-state index in [1.807, 2.05) is 0 Å². The number of nitrogens with zero attached hydrogens (tertiary/aromatic N) is 2. The van der Waals surface area contributed by atoms with Crippen LogP contribution in [-0.4, -0.2) is 51.5 Å². The van der Waals surface area contributed by atoms with Gasteiger partial charge in [-0.15, -0.1) is 0 Å². The number of sulfonamides is 1. The van der Waals surface area contributed by atoms with Crippen LogP contribution in [-0.2, 0) is 19.9 Å². The average Bonchev–Trinajstić information content (AvgIpc) is 2.76. The van der Waals surface area contributed by atoms with Crippen molar-refractivity contribution in [3.8, 4) is 0 Å². The third kappa shape index (κ3) is 2.94. The summed E-state index contributed by atoms with van der Waals surface area (Å²) in [6.07, 6.45) is 2.70. The van der Waals surface area contributed by atoms with Gasteiger partial charge in [-0.05, 0) is 18.6 Å². The summed E-state index contributed by atoms with van der Waals surface area (Å²) < 4.78 is 48.2. The third-order valence-corrected chi connectivity index (χ3v) is 5.76. The van der Waals surface area contributed by atoms with E-state index >= 15 is 0 Å². The van der Waals surface area contributed by atoms with Crippen molar-refractivity contribution in [1.29, 1.82) is 0 Å². The molecule has 7 nitrogen and oxygen atoms in total. The van der Waals surface area contributed by atoms with Gasteiger partial charge >= 0.3 is 0 Å². The first-order valence-corrected chi connectivity index (χ1v) is 8.96. The topological polar surface area (TPSA) is 110 Å². The number of hydrogen-bond donors (Lipinski definition) is 1. The van der Waals surface area contributed by atoms with Crippen molar-refractivity contribution in [2.45, 2.75) is 22.4 Å². The highest BCUT2D eigenvalue weighted by Gasteiger charge is 2.31. The zero-order valence-electron chi connectivity index (χ0n) is 10.4. The molecule has 1 aliphatic heterocycles. The van der Waals surface area contributed by atoms with E-state index in [1.165, 1.54) is 16.4 Å². The lowest BCUT2D eigenvalue weighted by molar-refractivity contribution is 0.472. The number of nitrogens with two attached hydrogens (primary N) is 1. The van der Waals surface area contributed by atoms with Crippen molar-refractivity contribution in [2.24, 2.45) is 5.73 Å². The zero-order chi connectivity index (χ0) is 14.3. The summed E-state index contributed by atoms with van der Waals surface area (Å²) >= 11 is 0. The summed E-state index contributed by atoms with van der Waals surface area (Å²) in [6.45, 7) is 0.646. The highest BCUT2D eigenvalue weighted by atomic mass is 32.2. The molecule has 19 heavy (non-hydrogen) atoms. The van der Waals surface area contributed by atoms with Crippen LogP contribution in [0.4, 0.5) is 0 Å². The molecule has 1 fully saturated rings. The van der Waals surface area contributed by atoms with Gasteiger partial charge in [-0.3, -0.25) is 0 Å². The first-order valence-electron chi connectivity index (χ1n) is 5.63. The van der Waals surface area contributed by atoms with Gasteiger partial charge in [-0.25, -0.2) is 21.8 Å². The zero-order valence-corrected chi connectivity index (χ0v) is 12.0. The smallest absolute Gasteiger partial charge is 0.244 e. The lowest BCUT2D eigenvalue weighted by atomic mass is 10.3. The normalized spacial score (nSPS) is 21.7. The molecule has 2 rings (SSSR count). The fraction of sp³-hybridized carbons (Fsp3) is 0.500. The van der Waals surface area contributed by atoms with Gasteiger partial charge in [0.1, 0.15) is 4.90 Å². The Morgan fingerprint density at radius 1 is 1.32 bits per heavy atom. The van der Waals surface area contributed by atoms with Crippen LogP contribution >= 0.6 is 0 Å². The molecule has 0 aromatic carbocycles. The minimum absolute atomic E-state index is 0.0194. The molecule has 0 radical (unpaired) electrons. The van der Waals surface area contributed by atoms with Gasteiger partial charge in [0.15, 0.2) is 14.9 Å². The SMILES string of the molecule is CS(=O)(=O)c1ccc(S(=O)(=O)N2CC[C@H](N)C2)cn1. The molecular weight excluding hydrogens is 290 g/mol. The van der Waals surface area contributed by atoms with Crippen LogP contribution in [0.1, 0.15) is 6.42 Å². The summed E-state index contributed by atoms with van der Waals surface area (Å²) in [5, 5.41) is -0.149. The van der Waals surface area contributed by atoms with Crippen LogP contribution in [0.15, 0.2) is 28.3 Å². The van der Waals surface area contributed by atoms with Crippen molar-refractivity contribution in [1.82, 2.24) is 9.29 Å². The van der Waals surface area contributed by atoms with E-state index in [0.717, 1.165) is 12.5 Å². The Hall–Kier alpha value is -1.03. The quantitative estimate of drug-likeness (QED) is 0.783. The van der Waals surface area contributed by atoms with E-state index in [-0.39, 0.29) is 22.5 Å². The van der Waals surface area contributed by atoms with E-state index in [2.05, 4.69) is 4.98 Å². The Labute approximate surface area is 112 Å². The number of rotatable bonds is 3. The van der Waals surface area contributed by atoms with Crippen molar-refractivity contribution in [2.75, 3.05) is 19.3 Å². The summed E-state index contributed by atoms with van der Waals surface area (Å²) in [7, 11) is -7.07. The van der Waals surface area contributed by atoms with E-state index in [1.54, 1.807) is 0 Å². The fourth-order valence-electron chi connectivity index (χ4n) is 1.86. The Morgan fingerprint density at radius 2 is 2.00 bits per heavy atom. The standard InChI is InChI=1S/C10H15N3O4S2/c1-18(14,15)10-3-2-9(6-12-10)19(16,17)13-5-4-8(11)7-13/h2-3,6,8H,4-5,7,11H2,1H3/t8-/m0/s1. The van der Waals surface area contributed by atoms with E-state index in [0.29, 0.717) is 13.0 Å². The molecule has 0 bridgehead atoms. The molecule has 0 aliphatic carbocycles. The Kier molecular flexibility index (Phi) is 3.65. The van der Waals surface area contributed by atoms with Crippen LogP contribution in [0.25, 0.3) is 0 Å². The second-order valence-electron chi connectivity index (χ2n) is 4.52. The van der Waals surface area contributed by atoms with Gasteiger partial charge in [-0.2, -0.15) is 4.31 Å². The average molecular weight is 305 g/mol. The number of aromatic nitrogens is 1. The van der Waals surface area contributed by atoms with Gasteiger partial charge in [0.25, 0.3) is 0 Å². The van der Waals surface area contributed by atoms with Crippen LogP contribution in [0.5, 0.6) is 0 Å². The third-order valence-electron chi connectivity index (χ3n) is 2.91. The molecule has 2 N–H and O–H groups in total. The second-order valence-corrected chi connectivity index (χ2v) is 8.42. The van der Waals surface area contributed by atoms with E-state index in [9.17, 15) is 16.8 Å². The van der Waals surface area contributed by atoms with Gasteiger partial charge in [0, 0.05) is 31.6 Å². The number of sulfone groups is 1. The molecule has 1 aromatic heterocycles. The summed E-state index contributed by atoms with van der Waals surface area (Å²) in [5.41, 5.74) is 5.68. The van der Waals surface area contributed by atoms with Gasteiger partial charge in [0.2, 0.25) is 10.0 Å². The molecule has 0 saturated carbocycles. The molecule has 1 saturated heterocycles. The molecule has 1 aliphatic rings.